The van der Waals surface area contributed by atoms with E-state index in [-0.39, 0.29) is 0 Å². The normalized spacial score (nSPS) is 11.6. The van der Waals surface area contributed by atoms with Crippen LogP contribution in [0, 0.1) is 0 Å². The molecule has 0 fully saturated rings. The van der Waals surface area contributed by atoms with Crippen molar-refractivity contribution in [2.75, 3.05) is 4.90 Å². The van der Waals surface area contributed by atoms with Crippen molar-refractivity contribution in [1.82, 2.24) is 4.57 Å². The van der Waals surface area contributed by atoms with E-state index in [4.69, 9.17) is 0 Å². The molecule has 2 nitrogen and oxygen atoms in total. The first-order chi connectivity index (χ1) is 32.7. The molecule has 0 unspecified atom stereocenters. The average Bonchev–Trinajstić information content (AvgIpc) is 3.72. The molecule has 0 bridgehead atoms. The van der Waals surface area contributed by atoms with E-state index in [1.165, 1.54) is 98.3 Å². The van der Waals surface area contributed by atoms with Gasteiger partial charge in [-0.3, -0.25) is 0 Å². The molecule has 13 aromatic rings. The summed E-state index contributed by atoms with van der Waals surface area (Å²) in [4.78, 5) is 2.40. The van der Waals surface area contributed by atoms with Crippen LogP contribution in [-0.2, 0) is 0 Å². The summed E-state index contributed by atoms with van der Waals surface area (Å²) >= 11 is 0. The third-order valence-corrected chi connectivity index (χ3v) is 13.5. The zero-order valence-corrected chi connectivity index (χ0v) is 36.1. The molecule has 66 heavy (non-hydrogen) atoms. The van der Waals surface area contributed by atoms with Crippen LogP contribution in [0.4, 0.5) is 17.1 Å². The topological polar surface area (TPSA) is 8.17 Å². The minimum absolute atomic E-state index is 1.09. The first-order valence-electron chi connectivity index (χ1n) is 22.7. The fraction of sp³-hybridized carbons (Fsp3) is 0. The van der Waals surface area contributed by atoms with Gasteiger partial charge in [0.1, 0.15) is 0 Å². The Morgan fingerprint density at radius 1 is 0.242 bits per heavy atom. The van der Waals surface area contributed by atoms with Gasteiger partial charge in [0.25, 0.3) is 0 Å². The van der Waals surface area contributed by atoms with E-state index in [1.807, 2.05) is 0 Å². The van der Waals surface area contributed by atoms with Gasteiger partial charge in [-0.2, -0.15) is 0 Å². The molecule has 0 spiro atoms. The molecule has 2 heteroatoms. The summed E-state index contributed by atoms with van der Waals surface area (Å²) in [5.41, 5.74) is 14.1. The van der Waals surface area contributed by atoms with Crippen molar-refractivity contribution < 1.29 is 0 Å². The number of anilines is 3. The summed E-state index contributed by atoms with van der Waals surface area (Å²) in [5.74, 6) is 0. The molecular weight excluding hydrogens is 797 g/mol. The van der Waals surface area contributed by atoms with Crippen LogP contribution >= 0.6 is 0 Å². The number of rotatable bonds is 7. The molecular formula is C64H42N2. The first kappa shape index (κ1) is 37.8. The number of fused-ring (bicyclic) bond motifs is 7. The van der Waals surface area contributed by atoms with E-state index in [1.54, 1.807) is 0 Å². The van der Waals surface area contributed by atoms with Gasteiger partial charge < -0.3 is 9.47 Å². The predicted molar refractivity (Wildman–Crippen MR) is 282 cm³/mol. The van der Waals surface area contributed by atoms with E-state index < -0.39 is 0 Å². The molecule has 0 saturated heterocycles. The molecule has 0 atom stereocenters. The Kier molecular flexibility index (Phi) is 8.89. The molecule has 0 aliphatic carbocycles. The Hall–Kier alpha value is -8.72. The van der Waals surface area contributed by atoms with Crippen LogP contribution in [0.3, 0.4) is 0 Å². The van der Waals surface area contributed by atoms with E-state index in [9.17, 15) is 0 Å². The summed E-state index contributed by atoms with van der Waals surface area (Å²) in [6.07, 6.45) is 0. The summed E-state index contributed by atoms with van der Waals surface area (Å²) in [5, 5.41) is 12.4. The van der Waals surface area contributed by atoms with Crippen LogP contribution in [0.1, 0.15) is 0 Å². The average molecular weight is 839 g/mol. The number of hydrogen-bond donors (Lipinski definition) is 0. The fourth-order valence-electron chi connectivity index (χ4n) is 10.4. The molecule has 0 saturated carbocycles. The van der Waals surface area contributed by atoms with Gasteiger partial charge in [0.15, 0.2) is 0 Å². The zero-order chi connectivity index (χ0) is 43.6. The third kappa shape index (κ3) is 6.26. The molecule has 0 N–H and O–H groups in total. The summed E-state index contributed by atoms with van der Waals surface area (Å²) < 4.78 is 2.38. The van der Waals surface area contributed by atoms with Crippen molar-refractivity contribution in [2.45, 2.75) is 0 Å². The molecule has 12 aromatic carbocycles. The number of aromatic nitrogens is 1. The van der Waals surface area contributed by atoms with Gasteiger partial charge in [0.2, 0.25) is 0 Å². The van der Waals surface area contributed by atoms with E-state index in [0.717, 1.165) is 22.7 Å². The molecule has 0 aliphatic heterocycles. The minimum atomic E-state index is 1.09. The van der Waals surface area contributed by atoms with Gasteiger partial charge in [-0.25, -0.2) is 0 Å². The monoisotopic (exact) mass is 838 g/mol. The molecule has 1 heterocycles. The fourth-order valence-corrected chi connectivity index (χ4v) is 10.4. The maximum Gasteiger partial charge on any atom is 0.0542 e. The van der Waals surface area contributed by atoms with Crippen molar-refractivity contribution >= 4 is 82.0 Å². The second-order valence-electron chi connectivity index (χ2n) is 17.3. The van der Waals surface area contributed by atoms with Crippen LogP contribution in [0.25, 0.3) is 104 Å². The standard InChI is InChI=1S/C64H42N2/c1-2-18-51(19-3-1)66-61-25-13-12-20-55(61)60-42-54(38-39-62(60)66)65(52-34-30-45(31-35-52)49-28-26-43-14-4-6-16-47(43)40-49)53-36-32-46(33-37-53)63-56-21-8-10-23-58(56)64(59-24-11-9-22-57(59)63)50-29-27-44-15-5-7-17-48(44)41-50/h1-42H. The molecule has 0 radical (unpaired) electrons. The third-order valence-electron chi connectivity index (χ3n) is 13.5. The van der Waals surface area contributed by atoms with Gasteiger partial charge >= 0.3 is 0 Å². The minimum Gasteiger partial charge on any atom is -0.310 e. The number of nitrogens with zero attached hydrogens (tertiary/aromatic N) is 2. The number of hydrogen-bond acceptors (Lipinski definition) is 1. The van der Waals surface area contributed by atoms with E-state index in [2.05, 4.69) is 264 Å². The second kappa shape index (κ2) is 15.5. The predicted octanol–water partition coefficient (Wildman–Crippen LogP) is 17.9. The molecule has 13 rings (SSSR count). The zero-order valence-electron chi connectivity index (χ0n) is 36.1. The highest BCUT2D eigenvalue weighted by Gasteiger charge is 2.20. The lowest BCUT2D eigenvalue weighted by molar-refractivity contribution is 1.18. The second-order valence-corrected chi connectivity index (χ2v) is 17.3. The summed E-state index contributed by atoms with van der Waals surface area (Å²) in [6.45, 7) is 0. The lowest BCUT2D eigenvalue weighted by Gasteiger charge is -2.26. The Labute approximate surface area is 383 Å². The van der Waals surface area contributed by atoms with Crippen LogP contribution < -0.4 is 4.90 Å². The smallest absolute Gasteiger partial charge is 0.0542 e. The SMILES string of the molecule is c1ccc(-n2c3ccccc3c3cc(N(c4ccc(-c5ccc6ccccc6c5)cc4)c4ccc(-c5c6ccccc6c(-c6ccc7ccccc7c6)c6ccccc56)cc4)ccc32)cc1. The van der Waals surface area contributed by atoms with E-state index >= 15 is 0 Å². The van der Waals surface area contributed by atoms with Crippen LogP contribution in [0.2, 0.25) is 0 Å². The van der Waals surface area contributed by atoms with Crippen LogP contribution in [0.15, 0.2) is 255 Å². The van der Waals surface area contributed by atoms with Crippen LogP contribution in [-0.4, -0.2) is 4.57 Å². The maximum atomic E-state index is 2.40. The highest BCUT2D eigenvalue weighted by molar-refractivity contribution is 6.22. The van der Waals surface area contributed by atoms with Crippen molar-refractivity contribution in [1.29, 1.82) is 0 Å². The Balaban J connectivity index is 0.969. The van der Waals surface area contributed by atoms with Gasteiger partial charge in [-0.15, -0.1) is 0 Å². The van der Waals surface area contributed by atoms with Gasteiger partial charge in [-0.05, 0) is 149 Å². The lowest BCUT2D eigenvalue weighted by Crippen LogP contribution is -2.10. The van der Waals surface area contributed by atoms with Gasteiger partial charge in [0.05, 0.1) is 11.0 Å². The lowest BCUT2D eigenvalue weighted by atomic mass is 9.85. The largest absolute Gasteiger partial charge is 0.310 e. The van der Waals surface area contributed by atoms with E-state index in [0.29, 0.717) is 0 Å². The Morgan fingerprint density at radius 3 is 1.27 bits per heavy atom. The van der Waals surface area contributed by atoms with Gasteiger partial charge in [-0.1, -0.05) is 182 Å². The highest BCUT2D eigenvalue weighted by Crippen LogP contribution is 2.46. The first-order valence-corrected chi connectivity index (χ1v) is 22.7. The van der Waals surface area contributed by atoms with Gasteiger partial charge in [0, 0.05) is 33.5 Å². The van der Waals surface area contributed by atoms with Crippen molar-refractivity contribution in [2.24, 2.45) is 0 Å². The maximum absolute atomic E-state index is 2.40. The Morgan fingerprint density at radius 2 is 0.667 bits per heavy atom. The highest BCUT2D eigenvalue weighted by atomic mass is 15.1. The Bertz CT molecular complexity index is 3920. The quantitative estimate of drug-likeness (QED) is 0.145. The van der Waals surface area contributed by atoms with Crippen molar-refractivity contribution in [3.63, 3.8) is 0 Å². The van der Waals surface area contributed by atoms with Crippen molar-refractivity contribution in [3.8, 4) is 39.1 Å². The number of para-hydroxylation sites is 2. The van der Waals surface area contributed by atoms with Crippen molar-refractivity contribution in [3.05, 3.63) is 255 Å². The summed E-state index contributed by atoms with van der Waals surface area (Å²) in [7, 11) is 0. The molecule has 0 amide bonds. The molecule has 1 aromatic heterocycles. The summed E-state index contributed by atoms with van der Waals surface area (Å²) in [6, 6.07) is 93.3. The van der Waals surface area contributed by atoms with Crippen LogP contribution in [0.5, 0.6) is 0 Å². The number of benzene rings is 12. The molecule has 0 aliphatic rings. The molecule has 308 valence electrons.